The molecule has 0 spiro atoms. The maximum atomic E-state index is 5.07. The predicted octanol–water partition coefficient (Wildman–Crippen LogP) is 2.62. The summed E-state index contributed by atoms with van der Waals surface area (Å²) in [5.74, 6) is 1.52. The summed E-state index contributed by atoms with van der Waals surface area (Å²) in [6, 6.07) is 0. The summed E-state index contributed by atoms with van der Waals surface area (Å²) < 4.78 is 7.16. The summed E-state index contributed by atoms with van der Waals surface area (Å²) in [5.41, 5.74) is 0.316. The molecule has 0 bridgehead atoms. The fraction of sp³-hybridized carbons (Fsp3) is 0.769. The molecule has 0 aliphatic carbocycles. The number of imidazole rings is 1. The van der Waals surface area contributed by atoms with Gasteiger partial charge in [0.2, 0.25) is 5.95 Å². The van der Waals surface area contributed by atoms with Crippen molar-refractivity contribution in [3.05, 3.63) is 12.4 Å². The Balaban J connectivity index is 2.49. The smallest absolute Gasteiger partial charge is 0.202 e. The molecule has 0 radical (unpaired) electrons. The topological polar surface area (TPSA) is 39.1 Å². The normalized spacial score (nSPS) is 13.7. The number of ether oxygens (including phenoxy) is 1. The van der Waals surface area contributed by atoms with Gasteiger partial charge in [0.1, 0.15) is 0 Å². The van der Waals surface area contributed by atoms with Crippen molar-refractivity contribution in [1.29, 1.82) is 0 Å². The largest absolute Gasteiger partial charge is 0.383 e. The Hall–Kier alpha value is -1.03. The van der Waals surface area contributed by atoms with Crippen molar-refractivity contribution in [1.82, 2.24) is 9.55 Å². The van der Waals surface area contributed by atoms with E-state index in [1.165, 1.54) is 0 Å². The van der Waals surface area contributed by atoms with Crippen molar-refractivity contribution in [3.8, 4) is 0 Å². The lowest BCUT2D eigenvalue weighted by Crippen LogP contribution is -2.25. The molecular weight excluding hydrogens is 214 g/mol. The third-order valence-electron chi connectivity index (χ3n) is 3.30. The second kappa shape index (κ2) is 6.05. The van der Waals surface area contributed by atoms with Crippen molar-refractivity contribution in [2.75, 3.05) is 25.6 Å². The van der Waals surface area contributed by atoms with Gasteiger partial charge in [-0.1, -0.05) is 27.7 Å². The van der Waals surface area contributed by atoms with Crippen LogP contribution in [0.4, 0.5) is 5.95 Å². The molecule has 0 amide bonds. The Labute approximate surface area is 104 Å². The van der Waals surface area contributed by atoms with E-state index in [1.807, 2.05) is 12.4 Å². The van der Waals surface area contributed by atoms with Crippen molar-refractivity contribution in [3.63, 3.8) is 0 Å². The van der Waals surface area contributed by atoms with Crippen LogP contribution in [0.15, 0.2) is 12.4 Å². The highest BCUT2D eigenvalue weighted by Crippen LogP contribution is 2.25. The Morgan fingerprint density at radius 2 is 2.18 bits per heavy atom. The molecular formula is C13H25N3O. The average Bonchev–Trinajstić information content (AvgIpc) is 2.69. The molecule has 1 aromatic rings. The van der Waals surface area contributed by atoms with E-state index in [9.17, 15) is 0 Å². The Bertz CT molecular complexity index is 328. The van der Waals surface area contributed by atoms with Crippen LogP contribution in [-0.4, -0.2) is 29.8 Å². The van der Waals surface area contributed by atoms with Crippen LogP contribution in [-0.2, 0) is 11.3 Å². The molecule has 4 heteroatoms. The molecule has 0 aliphatic rings. The van der Waals surface area contributed by atoms with E-state index in [2.05, 4.69) is 42.6 Å². The maximum Gasteiger partial charge on any atom is 0.202 e. The zero-order chi connectivity index (χ0) is 12.9. The average molecular weight is 239 g/mol. The summed E-state index contributed by atoms with van der Waals surface area (Å²) in [7, 11) is 1.71. The highest BCUT2D eigenvalue weighted by atomic mass is 16.5. The highest BCUT2D eigenvalue weighted by molar-refractivity contribution is 5.25. The van der Waals surface area contributed by atoms with Gasteiger partial charge in [0.25, 0.3) is 0 Å². The van der Waals surface area contributed by atoms with E-state index in [1.54, 1.807) is 7.11 Å². The van der Waals surface area contributed by atoms with Crippen LogP contribution in [0.1, 0.15) is 27.7 Å². The zero-order valence-electron chi connectivity index (χ0n) is 11.7. The summed E-state index contributed by atoms with van der Waals surface area (Å²) in [6.45, 7) is 11.5. The fourth-order valence-corrected chi connectivity index (χ4v) is 1.40. The molecule has 1 aromatic heterocycles. The SMILES string of the molecule is COCCn1ccnc1NCC(C)C(C)(C)C. The summed E-state index contributed by atoms with van der Waals surface area (Å²) in [4.78, 5) is 4.32. The van der Waals surface area contributed by atoms with Gasteiger partial charge < -0.3 is 14.6 Å². The number of aromatic nitrogens is 2. The molecule has 1 atom stereocenters. The van der Waals surface area contributed by atoms with Gasteiger partial charge in [-0.3, -0.25) is 0 Å². The zero-order valence-corrected chi connectivity index (χ0v) is 11.7. The second-order valence-electron chi connectivity index (χ2n) is 5.59. The molecule has 1 unspecified atom stereocenters. The van der Waals surface area contributed by atoms with Crippen LogP contribution in [0.3, 0.4) is 0 Å². The molecule has 1 N–H and O–H groups in total. The highest BCUT2D eigenvalue weighted by Gasteiger charge is 2.19. The summed E-state index contributed by atoms with van der Waals surface area (Å²) >= 11 is 0. The minimum Gasteiger partial charge on any atom is -0.383 e. The van der Waals surface area contributed by atoms with E-state index < -0.39 is 0 Å². The summed E-state index contributed by atoms with van der Waals surface area (Å²) in [5, 5.41) is 3.40. The first-order valence-electron chi connectivity index (χ1n) is 6.19. The number of hydrogen-bond acceptors (Lipinski definition) is 3. The molecule has 98 valence electrons. The first kappa shape index (κ1) is 14.0. The summed E-state index contributed by atoms with van der Waals surface area (Å²) in [6.07, 6.45) is 3.79. The lowest BCUT2D eigenvalue weighted by Gasteiger charge is -2.27. The molecule has 0 saturated carbocycles. The van der Waals surface area contributed by atoms with Crippen LogP contribution in [0.2, 0.25) is 0 Å². The Kier molecular flexibility index (Phi) is 5.00. The monoisotopic (exact) mass is 239 g/mol. The van der Waals surface area contributed by atoms with Gasteiger partial charge >= 0.3 is 0 Å². The number of rotatable bonds is 6. The van der Waals surface area contributed by atoms with Crippen LogP contribution in [0.25, 0.3) is 0 Å². The number of hydrogen-bond donors (Lipinski definition) is 1. The molecule has 4 nitrogen and oxygen atoms in total. The van der Waals surface area contributed by atoms with E-state index in [0.29, 0.717) is 17.9 Å². The fourth-order valence-electron chi connectivity index (χ4n) is 1.40. The molecule has 17 heavy (non-hydrogen) atoms. The van der Waals surface area contributed by atoms with E-state index >= 15 is 0 Å². The van der Waals surface area contributed by atoms with Crippen LogP contribution >= 0.6 is 0 Å². The number of nitrogens with zero attached hydrogens (tertiary/aromatic N) is 2. The van der Waals surface area contributed by atoms with Crippen molar-refractivity contribution < 1.29 is 4.74 Å². The molecule has 0 fully saturated rings. The van der Waals surface area contributed by atoms with Gasteiger partial charge in [-0.05, 0) is 11.3 Å². The minimum absolute atomic E-state index is 0.316. The molecule has 0 aliphatic heterocycles. The van der Waals surface area contributed by atoms with Crippen LogP contribution < -0.4 is 5.32 Å². The van der Waals surface area contributed by atoms with E-state index in [0.717, 1.165) is 19.0 Å². The van der Waals surface area contributed by atoms with Crippen molar-refractivity contribution in [2.24, 2.45) is 11.3 Å². The standard InChI is InChI=1S/C13H25N3O/c1-11(13(2,3)4)10-15-12-14-6-7-16(12)8-9-17-5/h6-7,11H,8-10H2,1-5H3,(H,14,15). The van der Waals surface area contributed by atoms with Crippen molar-refractivity contribution >= 4 is 5.95 Å². The first-order valence-corrected chi connectivity index (χ1v) is 6.19. The minimum atomic E-state index is 0.316. The molecule has 1 heterocycles. The Morgan fingerprint density at radius 1 is 1.47 bits per heavy atom. The third kappa shape index (κ3) is 4.38. The van der Waals surface area contributed by atoms with Gasteiger partial charge in [-0.2, -0.15) is 0 Å². The lowest BCUT2D eigenvalue weighted by molar-refractivity contribution is 0.187. The van der Waals surface area contributed by atoms with Gasteiger partial charge in [0.15, 0.2) is 0 Å². The number of nitrogens with one attached hydrogen (secondary N) is 1. The molecule has 0 saturated heterocycles. The number of methoxy groups -OCH3 is 1. The van der Waals surface area contributed by atoms with Gasteiger partial charge in [-0.25, -0.2) is 4.98 Å². The lowest BCUT2D eigenvalue weighted by atomic mass is 9.82. The quantitative estimate of drug-likeness (QED) is 0.829. The van der Waals surface area contributed by atoms with Gasteiger partial charge in [0, 0.05) is 32.6 Å². The van der Waals surface area contributed by atoms with E-state index in [-0.39, 0.29) is 0 Å². The van der Waals surface area contributed by atoms with Crippen molar-refractivity contribution in [2.45, 2.75) is 34.2 Å². The van der Waals surface area contributed by atoms with Crippen LogP contribution in [0.5, 0.6) is 0 Å². The second-order valence-corrected chi connectivity index (χ2v) is 5.59. The molecule has 1 rings (SSSR count). The third-order valence-corrected chi connectivity index (χ3v) is 3.30. The van der Waals surface area contributed by atoms with Crippen LogP contribution in [0, 0.1) is 11.3 Å². The Morgan fingerprint density at radius 3 is 2.76 bits per heavy atom. The maximum absolute atomic E-state index is 5.07. The van der Waals surface area contributed by atoms with E-state index in [4.69, 9.17) is 4.74 Å². The van der Waals surface area contributed by atoms with Gasteiger partial charge in [0.05, 0.1) is 6.61 Å². The van der Waals surface area contributed by atoms with Gasteiger partial charge in [-0.15, -0.1) is 0 Å². The molecule has 0 aromatic carbocycles. The first-order chi connectivity index (χ1) is 7.95. The number of anilines is 1. The predicted molar refractivity (Wildman–Crippen MR) is 71.2 cm³/mol.